The van der Waals surface area contributed by atoms with Crippen molar-refractivity contribution in [2.45, 2.75) is 63.7 Å². The van der Waals surface area contributed by atoms with Gasteiger partial charge in [0, 0.05) is 6.54 Å². The molecule has 4 unspecified atom stereocenters. The second kappa shape index (κ2) is 15.0. The van der Waals surface area contributed by atoms with E-state index in [2.05, 4.69) is 20.9 Å². The Morgan fingerprint density at radius 2 is 1.31 bits per heavy atom. The van der Waals surface area contributed by atoms with Gasteiger partial charge in [-0.3, -0.25) is 29.0 Å². The maximum atomic E-state index is 12.8. The number of carbonyl (C=O) groups excluding carboxylic acids is 5. The molecule has 5 amide bonds. The number of guanidine groups is 1. The van der Waals surface area contributed by atoms with Gasteiger partial charge < -0.3 is 49.7 Å². The first kappa shape index (κ1) is 31.0. The van der Waals surface area contributed by atoms with Crippen LogP contribution in [0.3, 0.4) is 0 Å². The van der Waals surface area contributed by atoms with Crippen molar-refractivity contribution in [1.29, 1.82) is 0 Å². The van der Waals surface area contributed by atoms with Crippen molar-refractivity contribution < 1.29 is 33.9 Å². The number of hydrogen-bond donors (Lipinski definition) is 9. The lowest BCUT2D eigenvalue weighted by molar-refractivity contribution is -0.143. The lowest BCUT2D eigenvalue weighted by atomic mass is 10.0. The fraction of sp³-hybridized carbons (Fsp3) is 0.632. The Bertz CT molecular complexity index is 827. The van der Waals surface area contributed by atoms with Gasteiger partial charge in [0.05, 0.1) is 18.9 Å². The number of amides is 5. The molecule has 0 bridgehead atoms. The molecule has 0 aromatic heterocycles. The third kappa shape index (κ3) is 12.8. The quantitative estimate of drug-likeness (QED) is 0.0552. The minimum absolute atomic E-state index is 0.0167. The van der Waals surface area contributed by atoms with E-state index >= 15 is 0 Å². The summed E-state index contributed by atoms with van der Waals surface area (Å²) in [7, 11) is 0. The van der Waals surface area contributed by atoms with Crippen LogP contribution in [-0.2, 0) is 28.8 Å². The van der Waals surface area contributed by atoms with Gasteiger partial charge in [0.25, 0.3) is 0 Å². The number of nitrogens with one attached hydrogen (secondary N) is 3. The molecule has 0 saturated heterocycles. The highest BCUT2D eigenvalue weighted by molar-refractivity contribution is 5.96. The second-order valence-corrected chi connectivity index (χ2v) is 8.09. The number of primary amides is 2. The van der Waals surface area contributed by atoms with E-state index in [-0.39, 0.29) is 25.3 Å². The molecule has 198 valence electrons. The molecule has 0 rings (SSSR count). The van der Waals surface area contributed by atoms with Crippen LogP contribution >= 0.6 is 0 Å². The predicted octanol–water partition coefficient (Wildman–Crippen LogP) is -4.69. The zero-order valence-electron chi connectivity index (χ0n) is 19.7. The molecule has 0 radical (unpaired) electrons. The van der Waals surface area contributed by atoms with E-state index in [0.717, 1.165) is 0 Å². The minimum Gasteiger partial charge on any atom is -0.480 e. The number of hydrogen-bond acceptors (Lipinski definition) is 8. The van der Waals surface area contributed by atoms with Crippen LogP contribution in [0.15, 0.2) is 4.99 Å². The first-order chi connectivity index (χ1) is 16.1. The fourth-order valence-electron chi connectivity index (χ4n) is 2.81. The van der Waals surface area contributed by atoms with E-state index in [4.69, 9.17) is 28.7 Å². The summed E-state index contributed by atoms with van der Waals surface area (Å²) in [5.74, 6) is -6.49. The van der Waals surface area contributed by atoms with Crippen LogP contribution in [-0.4, -0.2) is 77.3 Å². The molecule has 16 nitrogen and oxygen atoms in total. The molecule has 0 aromatic rings. The van der Waals surface area contributed by atoms with Crippen LogP contribution in [0.2, 0.25) is 0 Å². The third-order valence-electron chi connectivity index (χ3n) is 4.60. The Balaban J connectivity index is 5.65. The molecular weight excluding hydrogens is 466 g/mol. The Hall–Kier alpha value is -3.95. The van der Waals surface area contributed by atoms with Crippen molar-refractivity contribution in [2.75, 3.05) is 6.54 Å². The van der Waals surface area contributed by atoms with E-state index < -0.39 is 78.4 Å². The molecule has 0 spiro atoms. The van der Waals surface area contributed by atoms with Crippen molar-refractivity contribution in [1.82, 2.24) is 16.0 Å². The largest absolute Gasteiger partial charge is 0.480 e. The summed E-state index contributed by atoms with van der Waals surface area (Å²) >= 11 is 0. The van der Waals surface area contributed by atoms with Gasteiger partial charge in [-0.1, -0.05) is 13.8 Å². The molecule has 16 heteroatoms. The van der Waals surface area contributed by atoms with Crippen molar-refractivity contribution in [3.63, 3.8) is 0 Å². The molecule has 0 aliphatic heterocycles. The monoisotopic (exact) mass is 501 g/mol. The predicted molar refractivity (Wildman–Crippen MR) is 124 cm³/mol. The van der Waals surface area contributed by atoms with Gasteiger partial charge in [0.1, 0.15) is 18.1 Å². The number of carboxylic acid groups (broad SMARTS) is 1. The average molecular weight is 502 g/mol. The van der Waals surface area contributed by atoms with Gasteiger partial charge in [-0.15, -0.1) is 0 Å². The van der Waals surface area contributed by atoms with E-state index in [9.17, 15) is 33.9 Å². The highest BCUT2D eigenvalue weighted by Crippen LogP contribution is 2.06. The van der Waals surface area contributed by atoms with E-state index in [0.29, 0.717) is 0 Å². The Labute approximate surface area is 201 Å². The number of nitrogens with two attached hydrogens (primary N) is 5. The highest BCUT2D eigenvalue weighted by Gasteiger charge is 2.32. The highest BCUT2D eigenvalue weighted by atomic mass is 16.4. The van der Waals surface area contributed by atoms with Crippen LogP contribution in [0.25, 0.3) is 0 Å². The molecule has 4 atom stereocenters. The summed E-state index contributed by atoms with van der Waals surface area (Å²) in [5.41, 5.74) is 26.2. The summed E-state index contributed by atoms with van der Waals surface area (Å²) in [6, 6.07) is -5.44. The number of carbonyl (C=O) groups is 6. The first-order valence-corrected chi connectivity index (χ1v) is 10.7. The number of rotatable bonds is 16. The SMILES string of the molecule is CC(C)C(NC(=O)C(CCCN=C(N)N)NC(=O)C(CC(N)=O)NC(=O)C(N)CC(N)=O)C(=O)O. The van der Waals surface area contributed by atoms with Crippen molar-refractivity contribution in [3.8, 4) is 0 Å². The lowest BCUT2D eigenvalue weighted by Gasteiger charge is -2.25. The fourth-order valence-corrected chi connectivity index (χ4v) is 2.81. The maximum absolute atomic E-state index is 12.8. The Morgan fingerprint density at radius 3 is 1.77 bits per heavy atom. The van der Waals surface area contributed by atoms with Crippen LogP contribution in [0, 0.1) is 5.92 Å². The maximum Gasteiger partial charge on any atom is 0.326 e. The number of nitrogens with zero attached hydrogens (tertiary/aromatic N) is 1. The van der Waals surface area contributed by atoms with E-state index in [1.807, 2.05) is 0 Å². The van der Waals surface area contributed by atoms with E-state index in [1.54, 1.807) is 13.8 Å². The van der Waals surface area contributed by atoms with Crippen LogP contribution < -0.4 is 44.6 Å². The number of carboxylic acids is 1. The van der Waals surface area contributed by atoms with E-state index in [1.165, 1.54) is 0 Å². The summed E-state index contributed by atoms with van der Waals surface area (Å²) in [6.45, 7) is 3.27. The molecule has 0 fully saturated rings. The van der Waals surface area contributed by atoms with Crippen LogP contribution in [0.5, 0.6) is 0 Å². The molecule has 0 saturated carbocycles. The standard InChI is InChI=1S/C19H35N9O7/c1-8(2)14(18(34)35)28-16(32)10(4-3-5-25-19(23)24)26-17(33)11(7-13(22)30)27-15(31)9(20)6-12(21)29/h8-11,14H,3-7,20H2,1-2H3,(H2,21,29)(H2,22,30)(H,26,33)(H,27,31)(H,28,32)(H,34,35)(H4,23,24,25). The summed E-state index contributed by atoms with van der Waals surface area (Å²) in [5, 5.41) is 16.2. The zero-order chi connectivity index (χ0) is 27.3. The van der Waals surface area contributed by atoms with Crippen molar-refractivity contribution in [2.24, 2.45) is 39.6 Å². The molecule has 0 heterocycles. The Morgan fingerprint density at radius 1 is 0.800 bits per heavy atom. The van der Waals surface area contributed by atoms with Crippen LogP contribution in [0.1, 0.15) is 39.5 Å². The van der Waals surface area contributed by atoms with Crippen LogP contribution in [0.4, 0.5) is 0 Å². The van der Waals surface area contributed by atoms with Gasteiger partial charge in [-0.25, -0.2) is 4.79 Å². The first-order valence-electron chi connectivity index (χ1n) is 10.7. The zero-order valence-corrected chi connectivity index (χ0v) is 19.7. The second-order valence-electron chi connectivity index (χ2n) is 8.09. The normalized spacial score (nSPS) is 14.1. The van der Waals surface area contributed by atoms with Gasteiger partial charge in [-0.2, -0.15) is 0 Å². The van der Waals surface area contributed by atoms with Gasteiger partial charge in [0.2, 0.25) is 29.5 Å². The molecule has 14 N–H and O–H groups in total. The van der Waals surface area contributed by atoms with Crippen molar-refractivity contribution >= 4 is 41.5 Å². The van der Waals surface area contributed by atoms with Gasteiger partial charge in [0.15, 0.2) is 5.96 Å². The smallest absolute Gasteiger partial charge is 0.326 e. The topological polar surface area (TPSA) is 301 Å². The number of aliphatic carboxylic acids is 1. The molecule has 0 aromatic carbocycles. The third-order valence-corrected chi connectivity index (χ3v) is 4.60. The Kier molecular flexibility index (Phi) is 13.4. The van der Waals surface area contributed by atoms with Gasteiger partial charge >= 0.3 is 5.97 Å². The molecule has 0 aliphatic rings. The molecular formula is C19H35N9O7. The molecule has 35 heavy (non-hydrogen) atoms. The minimum atomic E-state index is -1.53. The number of aliphatic imine (C=N–C) groups is 1. The summed E-state index contributed by atoms with van der Waals surface area (Å²) < 4.78 is 0. The summed E-state index contributed by atoms with van der Waals surface area (Å²) in [4.78, 5) is 75.5. The molecule has 0 aliphatic carbocycles. The van der Waals surface area contributed by atoms with Crippen molar-refractivity contribution in [3.05, 3.63) is 0 Å². The lowest BCUT2D eigenvalue weighted by Crippen LogP contribution is -2.58. The van der Waals surface area contributed by atoms with Gasteiger partial charge in [-0.05, 0) is 18.8 Å². The summed E-state index contributed by atoms with van der Waals surface area (Å²) in [6.07, 6.45) is -0.964. The average Bonchev–Trinajstić information content (AvgIpc) is 2.71.